The monoisotopic (exact) mass is 396 g/mol. The first-order chi connectivity index (χ1) is 13.4. The molecule has 0 aliphatic heterocycles. The van der Waals surface area contributed by atoms with Gasteiger partial charge in [-0.2, -0.15) is 0 Å². The molecule has 0 radical (unpaired) electrons. The van der Waals surface area contributed by atoms with Gasteiger partial charge in [-0.3, -0.25) is 10.1 Å². The summed E-state index contributed by atoms with van der Waals surface area (Å²) in [5, 5.41) is 8.55. The van der Waals surface area contributed by atoms with Crippen LogP contribution in [-0.4, -0.2) is 24.0 Å². The van der Waals surface area contributed by atoms with E-state index in [-0.39, 0.29) is 5.91 Å². The maximum Gasteiger partial charge on any atom is 0.325 e. The molecule has 1 aromatic heterocycles. The van der Waals surface area contributed by atoms with Crippen molar-refractivity contribution >= 4 is 39.8 Å². The van der Waals surface area contributed by atoms with E-state index in [9.17, 15) is 9.59 Å². The summed E-state index contributed by atoms with van der Waals surface area (Å²) in [7, 11) is 1.58. The van der Waals surface area contributed by atoms with Gasteiger partial charge in [-0.1, -0.05) is 29.0 Å². The number of thiazole rings is 1. The maximum atomic E-state index is 12.5. The van der Waals surface area contributed by atoms with Gasteiger partial charge < -0.3 is 15.4 Å². The average molecular weight is 396 g/mol. The van der Waals surface area contributed by atoms with Crippen LogP contribution in [0.25, 0.3) is 0 Å². The molecule has 0 fully saturated rings. The van der Waals surface area contributed by atoms with Crippen molar-refractivity contribution in [2.75, 3.05) is 23.1 Å². The fourth-order valence-corrected chi connectivity index (χ4v) is 3.28. The minimum atomic E-state index is -0.417. The number of aryl methyl sites for hydroxylation is 2. The molecule has 3 N–H and O–H groups in total. The minimum absolute atomic E-state index is 0.285. The van der Waals surface area contributed by atoms with Crippen LogP contribution in [0.3, 0.4) is 0 Å². The molecule has 0 aliphatic carbocycles. The van der Waals surface area contributed by atoms with Crippen LogP contribution in [0.1, 0.15) is 20.9 Å². The molecular formula is C20H20N4O3S. The van der Waals surface area contributed by atoms with Crippen molar-refractivity contribution in [3.05, 3.63) is 64.7 Å². The fourth-order valence-electron chi connectivity index (χ4n) is 2.42. The van der Waals surface area contributed by atoms with Crippen LogP contribution in [-0.2, 0) is 0 Å². The molecule has 0 bridgehead atoms. The summed E-state index contributed by atoms with van der Waals surface area (Å²) >= 11 is 1.12. The van der Waals surface area contributed by atoms with E-state index in [2.05, 4.69) is 20.9 Å². The highest BCUT2D eigenvalue weighted by Crippen LogP contribution is 2.24. The summed E-state index contributed by atoms with van der Waals surface area (Å²) in [5.41, 5.74) is 2.97. The van der Waals surface area contributed by atoms with E-state index in [1.54, 1.807) is 38.3 Å². The van der Waals surface area contributed by atoms with Gasteiger partial charge in [0.25, 0.3) is 5.91 Å². The molecule has 7 nitrogen and oxygen atoms in total. The first kappa shape index (κ1) is 19.4. The molecular weight excluding hydrogens is 376 g/mol. The summed E-state index contributed by atoms with van der Waals surface area (Å²) < 4.78 is 5.10. The molecule has 3 rings (SSSR count). The van der Waals surface area contributed by atoms with Gasteiger partial charge in [0.05, 0.1) is 12.8 Å². The zero-order valence-corrected chi connectivity index (χ0v) is 16.5. The normalized spacial score (nSPS) is 10.2. The fraction of sp³-hybridized carbons (Fsp3) is 0.150. The average Bonchev–Trinajstić information content (AvgIpc) is 3.04. The lowest BCUT2D eigenvalue weighted by Crippen LogP contribution is -2.19. The van der Waals surface area contributed by atoms with Gasteiger partial charge in [0.1, 0.15) is 10.6 Å². The van der Waals surface area contributed by atoms with Crippen LogP contribution in [0, 0.1) is 13.8 Å². The third-order valence-corrected chi connectivity index (χ3v) is 4.95. The van der Waals surface area contributed by atoms with Crippen LogP contribution in [0.4, 0.5) is 21.3 Å². The van der Waals surface area contributed by atoms with Gasteiger partial charge in [0.15, 0.2) is 5.13 Å². The molecule has 0 aliphatic rings. The Hall–Kier alpha value is -3.39. The predicted molar refractivity (Wildman–Crippen MR) is 112 cm³/mol. The lowest BCUT2D eigenvalue weighted by atomic mass is 10.2. The Morgan fingerprint density at radius 1 is 0.893 bits per heavy atom. The highest BCUT2D eigenvalue weighted by Gasteiger charge is 2.17. The molecule has 3 amide bonds. The first-order valence-electron chi connectivity index (χ1n) is 8.52. The topological polar surface area (TPSA) is 92.4 Å². The number of nitrogens with one attached hydrogen (secondary N) is 3. The van der Waals surface area contributed by atoms with Crippen molar-refractivity contribution in [3.63, 3.8) is 0 Å². The predicted octanol–water partition coefficient (Wildman–Crippen LogP) is 4.66. The van der Waals surface area contributed by atoms with Crippen molar-refractivity contribution < 1.29 is 14.3 Å². The van der Waals surface area contributed by atoms with Gasteiger partial charge in [0, 0.05) is 11.4 Å². The second-order valence-corrected chi connectivity index (χ2v) is 7.06. The number of aromatic nitrogens is 1. The van der Waals surface area contributed by atoms with E-state index >= 15 is 0 Å². The summed E-state index contributed by atoms with van der Waals surface area (Å²) in [6.07, 6.45) is 0. The van der Waals surface area contributed by atoms with Gasteiger partial charge in [-0.25, -0.2) is 9.78 Å². The molecule has 28 heavy (non-hydrogen) atoms. The number of hydrogen-bond acceptors (Lipinski definition) is 5. The van der Waals surface area contributed by atoms with Crippen molar-refractivity contribution in [3.8, 4) is 5.75 Å². The Morgan fingerprint density at radius 2 is 1.50 bits per heavy atom. The minimum Gasteiger partial charge on any atom is -0.497 e. The highest BCUT2D eigenvalue weighted by atomic mass is 32.1. The highest BCUT2D eigenvalue weighted by molar-refractivity contribution is 7.17. The van der Waals surface area contributed by atoms with E-state index in [0.29, 0.717) is 32.8 Å². The zero-order valence-electron chi connectivity index (χ0n) is 15.7. The van der Waals surface area contributed by atoms with Crippen LogP contribution in [0.15, 0.2) is 48.5 Å². The van der Waals surface area contributed by atoms with Gasteiger partial charge in [-0.05, 0) is 50.2 Å². The summed E-state index contributed by atoms with van der Waals surface area (Å²) in [6.45, 7) is 3.70. The molecule has 1 heterocycles. The number of benzene rings is 2. The number of ether oxygens (including phenoxy) is 1. The van der Waals surface area contributed by atoms with Crippen LogP contribution >= 0.6 is 11.3 Å². The lowest BCUT2D eigenvalue weighted by Gasteiger charge is -2.05. The molecule has 3 aromatic rings. The second-order valence-electron chi connectivity index (χ2n) is 6.06. The van der Waals surface area contributed by atoms with Gasteiger partial charge in [-0.15, -0.1) is 0 Å². The van der Waals surface area contributed by atoms with E-state index in [4.69, 9.17) is 4.74 Å². The van der Waals surface area contributed by atoms with Crippen LogP contribution in [0.5, 0.6) is 5.75 Å². The zero-order chi connectivity index (χ0) is 20.1. The molecule has 0 unspecified atom stereocenters. The molecule has 2 aromatic carbocycles. The first-order valence-corrected chi connectivity index (χ1v) is 9.34. The van der Waals surface area contributed by atoms with E-state index < -0.39 is 6.03 Å². The summed E-state index contributed by atoms with van der Waals surface area (Å²) in [4.78, 5) is 29.3. The number of hydrogen-bond donors (Lipinski definition) is 3. The van der Waals surface area contributed by atoms with Crippen LogP contribution < -0.4 is 20.7 Å². The van der Waals surface area contributed by atoms with Gasteiger partial charge in [0.2, 0.25) is 0 Å². The summed E-state index contributed by atoms with van der Waals surface area (Å²) in [5.74, 6) is 0.421. The molecule has 0 saturated carbocycles. The largest absolute Gasteiger partial charge is 0.497 e. The van der Waals surface area contributed by atoms with Crippen molar-refractivity contribution in [2.45, 2.75) is 13.8 Å². The molecule has 0 atom stereocenters. The van der Waals surface area contributed by atoms with E-state index in [1.165, 1.54) is 0 Å². The number of carbonyl (C=O) groups is 2. The Morgan fingerprint density at radius 3 is 2.14 bits per heavy atom. The molecule has 8 heteroatoms. The Bertz CT molecular complexity index is 982. The SMILES string of the molecule is COc1ccc(NC(=O)c2sc(NC(=O)Nc3ccc(C)cc3)nc2C)cc1. The Labute approximate surface area is 166 Å². The van der Waals surface area contributed by atoms with Crippen LogP contribution in [0.2, 0.25) is 0 Å². The summed E-state index contributed by atoms with van der Waals surface area (Å²) in [6, 6.07) is 14.1. The number of carbonyl (C=O) groups excluding carboxylic acids is 2. The number of anilines is 3. The quantitative estimate of drug-likeness (QED) is 0.585. The van der Waals surface area contributed by atoms with Crippen molar-refractivity contribution in [1.29, 1.82) is 0 Å². The standard InChI is InChI=1S/C20H20N4O3S/c1-12-4-6-15(7-5-12)23-19(26)24-20-21-13(2)17(28-20)18(25)22-14-8-10-16(27-3)11-9-14/h4-11H,1-3H3,(H,22,25)(H2,21,23,24,26). The number of urea groups is 1. The number of amides is 3. The molecule has 144 valence electrons. The number of nitrogens with zero attached hydrogens (tertiary/aromatic N) is 1. The number of rotatable bonds is 5. The third kappa shape index (κ3) is 4.86. The van der Waals surface area contributed by atoms with Crippen molar-refractivity contribution in [1.82, 2.24) is 4.98 Å². The molecule has 0 saturated heterocycles. The van der Waals surface area contributed by atoms with Crippen molar-refractivity contribution in [2.24, 2.45) is 0 Å². The van der Waals surface area contributed by atoms with E-state index in [0.717, 1.165) is 16.9 Å². The Balaban J connectivity index is 1.63. The molecule has 0 spiro atoms. The smallest absolute Gasteiger partial charge is 0.325 e. The third-order valence-electron chi connectivity index (χ3n) is 3.88. The van der Waals surface area contributed by atoms with E-state index in [1.807, 2.05) is 31.2 Å². The van der Waals surface area contributed by atoms with Gasteiger partial charge >= 0.3 is 6.03 Å². The lowest BCUT2D eigenvalue weighted by molar-refractivity contribution is 0.102. The second kappa shape index (κ2) is 8.53. The number of methoxy groups -OCH3 is 1. The maximum absolute atomic E-state index is 12.5. The Kier molecular flexibility index (Phi) is 5.90.